The van der Waals surface area contributed by atoms with Gasteiger partial charge in [-0.2, -0.15) is 0 Å². The Morgan fingerprint density at radius 3 is 2.79 bits per heavy atom. The van der Waals surface area contributed by atoms with Crippen LogP contribution in [0.2, 0.25) is 0 Å². The first-order valence-electron chi connectivity index (χ1n) is 4.77. The van der Waals surface area contributed by atoms with E-state index in [4.69, 9.17) is 5.73 Å². The molecule has 2 rings (SSSR count). The fourth-order valence-corrected chi connectivity index (χ4v) is 1.81. The van der Waals surface area contributed by atoms with E-state index in [-0.39, 0.29) is 0 Å². The van der Waals surface area contributed by atoms with Gasteiger partial charge in [0.1, 0.15) is 0 Å². The van der Waals surface area contributed by atoms with Gasteiger partial charge in [-0.1, -0.05) is 0 Å². The Morgan fingerprint density at radius 2 is 2.07 bits per heavy atom. The predicted molar refractivity (Wildman–Crippen MR) is 59.1 cm³/mol. The van der Waals surface area contributed by atoms with E-state index in [1.165, 1.54) is 27.5 Å². The van der Waals surface area contributed by atoms with Crippen molar-refractivity contribution in [2.24, 2.45) is 5.73 Å². The van der Waals surface area contributed by atoms with Crippen LogP contribution in [-0.4, -0.2) is 4.98 Å². The molecule has 2 aromatic rings. The molecule has 2 N–H and O–H groups in total. The molecule has 0 aliphatic heterocycles. The zero-order chi connectivity index (χ0) is 10.1. The van der Waals surface area contributed by atoms with E-state index < -0.39 is 0 Å². The number of hydrogen-bond acceptors (Lipinski definition) is 2. The van der Waals surface area contributed by atoms with Gasteiger partial charge >= 0.3 is 0 Å². The fraction of sp³-hybridized carbons (Fsp3) is 0.250. The summed E-state index contributed by atoms with van der Waals surface area (Å²) in [5.41, 5.74) is 9.51. The van der Waals surface area contributed by atoms with Gasteiger partial charge in [0.2, 0.25) is 0 Å². The van der Waals surface area contributed by atoms with Crippen LogP contribution in [0, 0.1) is 13.8 Å². The summed E-state index contributed by atoms with van der Waals surface area (Å²) in [6.07, 6.45) is 3.72. The van der Waals surface area contributed by atoms with Crippen LogP contribution >= 0.6 is 0 Å². The van der Waals surface area contributed by atoms with Crippen LogP contribution in [0.1, 0.15) is 16.7 Å². The maximum Gasteiger partial charge on any atom is 0.0346 e. The van der Waals surface area contributed by atoms with Crippen molar-refractivity contribution in [3.8, 4) is 0 Å². The Hall–Kier alpha value is -1.41. The molecule has 2 heteroatoms. The first-order valence-corrected chi connectivity index (χ1v) is 4.77. The van der Waals surface area contributed by atoms with Gasteiger partial charge in [-0.25, -0.2) is 0 Å². The van der Waals surface area contributed by atoms with Gasteiger partial charge in [0, 0.05) is 24.3 Å². The molecule has 0 fully saturated rings. The molecular weight excluding hydrogens is 172 g/mol. The smallest absolute Gasteiger partial charge is 0.0346 e. The number of nitrogens with two attached hydrogens (primary N) is 1. The highest BCUT2D eigenvalue weighted by Crippen LogP contribution is 2.23. The van der Waals surface area contributed by atoms with Crippen molar-refractivity contribution < 1.29 is 0 Å². The first kappa shape index (κ1) is 9.16. The van der Waals surface area contributed by atoms with Crippen LogP contribution in [0.5, 0.6) is 0 Å². The van der Waals surface area contributed by atoms with E-state index in [2.05, 4.69) is 31.0 Å². The molecule has 0 radical (unpaired) electrons. The van der Waals surface area contributed by atoms with E-state index in [0.717, 1.165) is 0 Å². The molecule has 2 nitrogen and oxygen atoms in total. The second-order valence-corrected chi connectivity index (χ2v) is 3.59. The summed E-state index contributed by atoms with van der Waals surface area (Å²) in [5, 5.41) is 2.45. The third-order valence-corrected chi connectivity index (χ3v) is 2.85. The normalized spacial score (nSPS) is 10.8. The highest BCUT2D eigenvalue weighted by atomic mass is 14.6. The van der Waals surface area contributed by atoms with Crippen LogP contribution in [0.3, 0.4) is 0 Å². The summed E-state index contributed by atoms with van der Waals surface area (Å²) in [6.45, 7) is 4.85. The van der Waals surface area contributed by atoms with Gasteiger partial charge in [-0.05, 0) is 48.1 Å². The van der Waals surface area contributed by atoms with Crippen LogP contribution in [0.25, 0.3) is 10.8 Å². The number of aryl methyl sites for hydroxylation is 1. The lowest BCUT2D eigenvalue weighted by Crippen LogP contribution is -2.01. The van der Waals surface area contributed by atoms with Gasteiger partial charge in [0.25, 0.3) is 0 Å². The van der Waals surface area contributed by atoms with E-state index in [0.29, 0.717) is 6.54 Å². The lowest BCUT2D eigenvalue weighted by Gasteiger charge is -2.10. The quantitative estimate of drug-likeness (QED) is 0.742. The maximum atomic E-state index is 5.69. The molecule has 0 bridgehead atoms. The molecule has 0 amide bonds. The standard InChI is InChI=1S/C12H14N2/c1-8-9(2)12-3-4-14-7-11(12)5-10(8)6-13/h3-5,7H,6,13H2,1-2H3. The maximum absolute atomic E-state index is 5.69. The number of rotatable bonds is 1. The molecule has 1 heterocycles. The number of aromatic nitrogens is 1. The van der Waals surface area contributed by atoms with E-state index >= 15 is 0 Å². The van der Waals surface area contributed by atoms with Crippen LogP contribution < -0.4 is 5.73 Å². The Balaban J connectivity index is 2.85. The number of benzene rings is 1. The molecule has 0 aliphatic carbocycles. The molecule has 0 aliphatic rings. The topological polar surface area (TPSA) is 38.9 Å². The average Bonchev–Trinajstić information content (AvgIpc) is 2.23. The van der Waals surface area contributed by atoms with Crippen molar-refractivity contribution in [3.05, 3.63) is 41.2 Å². The monoisotopic (exact) mass is 186 g/mol. The summed E-state index contributed by atoms with van der Waals surface area (Å²) in [7, 11) is 0. The second kappa shape index (κ2) is 3.39. The molecule has 14 heavy (non-hydrogen) atoms. The summed E-state index contributed by atoms with van der Waals surface area (Å²) in [6, 6.07) is 4.18. The second-order valence-electron chi connectivity index (χ2n) is 3.59. The van der Waals surface area contributed by atoms with Crippen LogP contribution in [-0.2, 0) is 6.54 Å². The Morgan fingerprint density at radius 1 is 1.29 bits per heavy atom. The van der Waals surface area contributed by atoms with Gasteiger partial charge in [-0.3, -0.25) is 4.98 Å². The minimum Gasteiger partial charge on any atom is -0.326 e. The summed E-state index contributed by atoms with van der Waals surface area (Å²) in [5.74, 6) is 0. The lowest BCUT2D eigenvalue weighted by molar-refractivity contribution is 1.05. The van der Waals surface area contributed by atoms with Crippen molar-refractivity contribution in [1.29, 1.82) is 0 Å². The summed E-state index contributed by atoms with van der Waals surface area (Å²) < 4.78 is 0. The van der Waals surface area contributed by atoms with Crippen LogP contribution in [0.4, 0.5) is 0 Å². The summed E-state index contributed by atoms with van der Waals surface area (Å²) >= 11 is 0. The molecule has 1 aromatic heterocycles. The van der Waals surface area contributed by atoms with Gasteiger partial charge < -0.3 is 5.73 Å². The molecule has 0 atom stereocenters. The zero-order valence-electron chi connectivity index (χ0n) is 8.54. The van der Waals surface area contributed by atoms with E-state index in [1.54, 1.807) is 0 Å². The molecule has 72 valence electrons. The lowest BCUT2D eigenvalue weighted by atomic mass is 9.97. The third kappa shape index (κ3) is 1.28. The zero-order valence-corrected chi connectivity index (χ0v) is 8.54. The third-order valence-electron chi connectivity index (χ3n) is 2.85. The minimum absolute atomic E-state index is 0.595. The molecule has 0 unspecified atom stereocenters. The van der Waals surface area contributed by atoms with Crippen molar-refractivity contribution in [2.45, 2.75) is 20.4 Å². The highest BCUT2D eigenvalue weighted by molar-refractivity contribution is 5.86. The SMILES string of the molecule is Cc1c(CN)cc2cnccc2c1C. The number of pyridine rings is 1. The predicted octanol–water partition coefficient (Wildman–Crippen LogP) is 2.31. The largest absolute Gasteiger partial charge is 0.326 e. The van der Waals surface area contributed by atoms with E-state index in [1.807, 2.05) is 12.4 Å². The van der Waals surface area contributed by atoms with E-state index in [9.17, 15) is 0 Å². The van der Waals surface area contributed by atoms with Crippen molar-refractivity contribution in [3.63, 3.8) is 0 Å². The van der Waals surface area contributed by atoms with Crippen molar-refractivity contribution >= 4 is 10.8 Å². The number of nitrogens with zero attached hydrogens (tertiary/aromatic N) is 1. The summed E-state index contributed by atoms with van der Waals surface area (Å²) in [4.78, 5) is 4.12. The molecule has 0 spiro atoms. The molecule has 0 saturated heterocycles. The van der Waals surface area contributed by atoms with Crippen molar-refractivity contribution in [1.82, 2.24) is 4.98 Å². The van der Waals surface area contributed by atoms with Gasteiger partial charge in [0.15, 0.2) is 0 Å². The Bertz CT molecular complexity index is 475. The molecule has 1 aromatic carbocycles. The van der Waals surface area contributed by atoms with Gasteiger partial charge in [-0.15, -0.1) is 0 Å². The molecule has 0 saturated carbocycles. The minimum atomic E-state index is 0.595. The molecular formula is C12H14N2. The highest BCUT2D eigenvalue weighted by Gasteiger charge is 2.04. The number of fused-ring (bicyclic) bond motifs is 1. The Kier molecular flexibility index (Phi) is 2.22. The number of hydrogen-bond donors (Lipinski definition) is 1. The van der Waals surface area contributed by atoms with Gasteiger partial charge in [0.05, 0.1) is 0 Å². The Labute approximate surface area is 83.8 Å². The first-order chi connectivity index (χ1) is 6.74. The van der Waals surface area contributed by atoms with Crippen LogP contribution in [0.15, 0.2) is 24.5 Å². The average molecular weight is 186 g/mol. The fourth-order valence-electron chi connectivity index (χ4n) is 1.81. The van der Waals surface area contributed by atoms with Crippen molar-refractivity contribution in [2.75, 3.05) is 0 Å².